The van der Waals surface area contributed by atoms with Gasteiger partial charge < -0.3 is 0 Å². The van der Waals surface area contributed by atoms with Crippen LogP contribution in [0.2, 0.25) is 0 Å². The van der Waals surface area contributed by atoms with Crippen LogP contribution >= 0.6 is 0 Å². The second-order valence-corrected chi connectivity index (χ2v) is 4.49. The Bertz CT molecular complexity index is 461. The fraction of sp³-hybridized carbons (Fsp3) is 0.636. The number of carbonyl (C=O) groups excluding carboxylic acids is 1. The monoisotopic (exact) mass is 226 g/mol. The first-order chi connectivity index (χ1) is 7.63. The lowest BCUT2D eigenvalue weighted by molar-refractivity contribution is 0.0773. The predicted molar refractivity (Wildman–Crippen MR) is 52.7 cm³/mol. The lowest BCUT2D eigenvalue weighted by Crippen LogP contribution is -2.37. The third kappa shape index (κ3) is 1.06. The normalized spacial score (nSPS) is 26.9. The van der Waals surface area contributed by atoms with E-state index in [0.29, 0.717) is 6.54 Å². The van der Waals surface area contributed by atoms with Gasteiger partial charge in [-0.05, 0) is 19.8 Å². The average molecular weight is 226 g/mol. The van der Waals surface area contributed by atoms with E-state index >= 15 is 0 Å². The van der Waals surface area contributed by atoms with E-state index in [2.05, 4.69) is 5.10 Å². The molecule has 0 atom stereocenters. The third-order valence-electron chi connectivity index (χ3n) is 3.67. The SMILES string of the molecule is CCn1nc(C(F)F)c2c1C1CC(C1)C2=O. The summed E-state index contributed by atoms with van der Waals surface area (Å²) in [6, 6.07) is 0. The maximum atomic E-state index is 12.8. The van der Waals surface area contributed by atoms with Crippen molar-refractivity contribution in [2.45, 2.75) is 38.7 Å². The molecule has 5 heteroatoms. The standard InChI is InChI=1S/C11H12F2N2O/c1-2-15-9-5-3-6(4-5)10(16)7(9)8(14-15)11(12)13/h5-6,11H,2-4H2,1H3. The predicted octanol–water partition coefficient (Wildman–Crippen LogP) is 2.53. The minimum absolute atomic E-state index is 0.0236. The number of hydrogen-bond donors (Lipinski definition) is 0. The van der Waals surface area contributed by atoms with Crippen molar-refractivity contribution in [1.82, 2.24) is 9.78 Å². The summed E-state index contributed by atoms with van der Waals surface area (Å²) in [5.74, 6) is 0.134. The molecule has 1 fully saturated rings. The largest absolute Gasteiger partial charge is 0.294 e. The van der Waals surface area contributed by atoms with Gasteiger partial charge in [-0.15, -0.1) is 0 Å². The highest BCUT2D eigenvalue weighted by Gasteiger charge is 2.48. The van der Waals surface area contributed by atoms with Crippen molar-refractivity contribution >= 4 is 5.78 Å². The molecule has 1 saturated carbocycles. The number of hydrogen-bond acceptors (Lipinski definition) is 2. The van der Waals surface area contributed by atoms with Crippen molar-refractivity contribution in [3.63, 3.8) is 0 Å². The second-order valence-electron chi connectivity index (χ2n) is 4.49. The quantitative estimate of drug-likeness (QED) is 0.776. The Kier molecular flexibility index (Phi) is 1.94. The minimum Gasteiger partial charge on any atom is -0.294 e. The number of nitrogens with zero attached hydrogens (tertiary/aromatic N) is 2. The number of rotatable bonds is 2. The Morgan fingerprint density at radius 1 is 1.44 bits per heavy atom. The summed E-state index contributed by atoms with van der Waals surface area (Å²) in [4.78, 5) is 11.9. The molecule has 86 valence electrons. The maximum absolute atomic E-state index is 12.8. The molecule has 3 aliphatic carbocycles. The van der Waals surface area contributed by atoms with Gasteiger partial charge in [0.2, 0.25) is 0 Å². The summed E-state index contributed by atoms with van der Waals surface area (Å²) in [5.41, 5.74) is 0.672. The maximum Gasteiger partial charge on any atom is 0.282 e. The molecule has 1 heterocycles. The van der Waals surface area contributed by atoms with Crippen molar-refractivity contribution in [3.8, 4) is 0 Å². The van der Waals surface area contributed by atoms with E-state index in [4.69, 9.17) is 0 Å². The number of Topliss-reactive ketones (excluding diaryl/α,β-unsaturated/α-hetero) is 1. The lowest BCUT2D eigenvalue weighted by atomic mass is 9.63. The number of aromatic nitrogens is 2. The van der Waals surface area contributed by atoms with Gasteiger partial charge in [-0.1, -0.05) is 0 Å². The fourth-order valence-corrected chi connectivity index (χ4v) is 2.81. The summed E-state index contributed by atoms with van der Waals surface area (Å²) in [7, 11) is 0. The van der Waals surface area contributed by atoms with Crippen LogP contribution in [0.4, 0.5) is 8.78 Å². The van der Waals surface area contributed by atoms with Crippen LogP contribution in [0.25, 0.3) is 0 Å². The van der Waals surface area contributed by atoms with Crippen LogP contribution in [0.5, 0.6) is 0 Å². The zero-order chi connectivity index (χ0) is 11.4. The molecule has 4 rings (SSSR count). The summed E-state index contributed by atoms with van der Waals surface area (Å²) >= 11 is 0. The van der Waals surface area contributed by atoms with Crippen LogP contribution in [0.3, 0.4) is 0 Å². The van der Waals surface area contributed by atoms with Crippen LogP contribution < -0.4 is 0 Å². The Morgan fingerprint density at radius 2 is 2.12 bits per heavy atom. The molecule has 1 aromatic heterocycles. The molecule has 0 aliphatic heterocycles. The van der Waals surface area contributed by atoms with Crippen LogP contribution in [-0.4, -0.2) is 15.6 Å². The molecular formula is C11H12F2N2O. The highest BCUT2D eigenvalue weighted by Crippen LogP contribution is 2.51. The van der Waals surface area contributed by atoms with E-state index in [-0.39, 0.29) is 28.9 Å². The molecule has 0 radical (unpaired) electrons. The van der Waals surface area contributed by atoms with Gasteiger partial charge in [-0.3, -0.25) is 9.48 Å². The number of carbonyl (C=O) groups is 1. The molecule has 2 bridgehead atoms. The van der Waals surface area contributed by atoms with Gasteiger partial charge in [-0.2, -0.15) is 5.10 Å². The molecule has 3 aliphatic rings. The lowest BCUT2D eigenvalue weighted by Gasteiger charge is -2.39. The third-order valence-corrected chi connectivity index (χ3v) is 3.67. The van der Waals surface area contributed by atoms with Crippen molar-refractivity contribution in [1.29, 1.82) is 0 Å². The van der Waals surface area contributed by atoms with Crippen molar-refractivity contribution in [2.24, 2.45) is 5.92 Å². The smallest absolute Gasteiger partial charge is 0.282 e. The van der Waals surface area contributed by atoms with E-state index in [0.717, 1.165) is 18.5 Å². The van der Waals surface area contributed by atoms with E-state index in [1.165, 1.54) is 0 Å². The summed E-state index contributed by atoms with van der Waals surface area (Å²) < 4.78 is 27.2. The number of alkyl halides is 2. The first kappa shape index (κ1) is 9.93. The Balaban J connectivity index is 2.21. The molecule has 0 spiro atoms. The molecule has 0 unspecified atom stereocenters. The first-order valence-corrected chi connectivity index (χ1v) is 5.56. The van der Waals surface area contributed by atoms with Crippen molar-refractivity contribution in [2.75, 3.05) is 0 Å². The van der Waals surface area contributed by atoms with Gasteiger partial charge in [-0.25, -0.2) is 8.78 Å². The Morgan fingerprint density at radius 3 is 2.69 bits per heavy atom. The van der Waals surface area contributed by atoms with Gasteiger partial charge >= 0.3 is 0 Å². The van der Waals surface area contributed by atoms with Gasteiger partial charge in [0.25, 0.3) is 6.43 Å². The Labute approximate surface area is 91.4 Å². The number of aryl methyl sites for hydroxylation is 1. The van der Waals surface area contributed by atoms with E-state index in [1.54, 1.807) is 4.68 Å². The Hall–Kier alpha value is -1.26. The van der Waals surface area contributed by atoms with Crippen molar-refractivity contribution < 1.29 is 13.6 Å². The summed E-state index contributed by atoms with van der Waals surface area (Å²) in [6.07, 6.45) is -1.01. The van der Waals surface area contributed by atoms with Crippen LogP contribution in [0, 0.1) is 5.92 Å². The van der Waals surface area contributed by atoms with Crippen LogP contribution in [0.1, 0.15) is 53.9 Å². The topological polar surface area (TPSA) is 34.9 Å². The summed E-state index contributed by atoms with van der Waals surface area (Å²) in [6.45, 7) is 2.40. The average Bonchev–Trinajstić information content (AvgIpc) is 2.56. The van der Waals surface area contributed by atoms with E-state index in [1.807, 2.05) is 6.92 Å². The molecule has 3 nitrogen and oxygen atoms in total. The molecule has 16 heavy (non-hydrogen) atoms. The highest BCUT2D eigenvalue weighted by molar-refractivity contribution is 6.02. The zero-order valence-corrected chi connectivity index (χ0v) is 8.91. The van der Waals surface area contributed by atoms with Crippen LogP contribution in [0.15, 0.2) is 0 Å². The first-order valence-electron chi connectivity index (χ1n) is 5.56. The molecule has 0 aromatic carbocycles. The minimum atomic E-state index is -2.65. The number of halogens is 2. The summed E-state index contributed by atoms with van der Waals surface area (Å²) in [5, 5.41) is 3.88. The van der Waals surface area contributed by atoms with Gasteiger partial charge in [0, 0.05) is 18.4 Å². The molecular weight excluding hydrogens is 214 g/mol. The molecule has 1 aromatic rings. The highest BCUT2D eigenvalue weighted by atomic mass is 19.3. The van der Waals surface area contributed by atoms with Gasteiger partial charge in [0.1, 0.15) is 5.69 Å². The van der Waals surface area contributed by atoms with E-state index in [9.17, 15) is 13.6 Å². The molecule has 0 amide bonds. The van der Waals surface area contributed by atoms with Gasteiger partial charge in [0.15, 0.2) is 5.78 Å². The zero-order valence-electron chi connectivity index (χ0n) is 8.91. The van der Waals surface area contributed by atoms with Crippen LogP contribution in [-0.2, 0) is 6.54 Å². The molecule has 0 saturated heterocycles. The van der Waals surface area contributed by atoms with E-state index < -0.39 is 6.43 Å². The fourth-order valence-electron chi connectivity index (χ4n) is 2.81. The van der Waals surface area contributed by atoms with Crippen molar-refractivity contribution in [3.05, 3.63) is 17.0 Å². The number of ketones is 1. The second kappa shape index (κ2) is 3.12. The molecule has 0 N–H and O–H groups in total. The van der Waals surface area contributed by atoms with Gasteiger partial charge in [0.05, 0.1) is 11.3 Å².